The minimum atomic E-state index is -0.219. The summed E-state index contributed by atoms with van der Waals surface area (Å²) >= 11 is 0. The van der Waals surface area contributed by atoms with E-state index in [0.29, 0.717) is 23.8 Å². The zero-order valence-electron chi connectivity index (χ0n) is 17.2. The SMILES string of the molecule is CCNc1ccc(Oc2ccc(NC(=O)NC(CC)CC)cc2OCC)cc1. The first-order valence-electron chi connectivity index (χ1n) is 9.95. The summed E-state index contributed by atoms with van der Waals surface area (Å²) in [7, 11) is 0. The zero-order valence-corrected chi connectivity index (χ0v) is 17.2. The number of rotatable bonds is 10. The predicted molar refractivity (Wildman–Crippen MR) is 115 cm³/mol. The van der Waals surface area contributed by atoms with Gasteiger partial charge < -0.3 is 25.4 Å². The third-order valence-corrected chi connectivity index (χ3v) is 4.29. The molecule has 0 atom stereocenters. The van der Waals surface area contributed by atoms with E-state index in [4.69, 9.17) is 9.47 Å². The van der Waals surface area contributed by atoms with Crippen molar-refractivity contribution in [3.05, 3.63) is 42.5 Å². The molecule has 0 unspecified atom stereocenters. The van der Waals surface area contributed by atoms with Gasteiger partial charge in [-0.3, -0.25) is 0 Å². The Labute approximate surface area is 167 Å². The summed E-state index contributed by atoms with van der Waals surface area (Å²) in [5.74, 6) is 1.90. The number of hydrogen-bond acceptors (Lipinski definition) is 4. The number of ether oxygens (including phenoxy) is 2. The Balaban J connectivity index is 2.10. The number of hydrogen-bond donors (Lipinski definition) is 3. The molecule has 2 aromatic rings. The van der Waals surface area contributed by atoms with Crippen LogP contribution < -0.4 is 25.4 Å². The highest BCUT2D eigenvalue weighted by Crippen LogP contribution is 2.34. The fourth-order valence-electron chi connectivity index (χ4n) is 2.76. The molecule has 0 heterocycles. The molecule has 0 bridgehead atoms. The third kappa shape index (κ3) is 6.37. The van der Waals surface area contributed by atoms with Crippen molar-refractivity contribution < 1.29 is 14.3 Å². The van der Waals surface area contributed by atoms with Crippen LogP contribution in [0.25, 0.3) is 0 Å². The summed E-state index contributed by atoms with van der Waals surface area (Å²) in [4.78, 5) is 12.2. The summed E-state index contributed by atoms with van der Waals surface area (Å²) < 4.78 is 11.7. The van der Waals surface area contributed by atoms with Crippen LogP contribution in [0, 0.1) is 0 Å². The lowest BCUT2D eigenvalue weighted by Gasteiger charge is -2.17. The van der Waals surface area contributed by atoms with Gasteiger partial charge in [-0.25, -0.2) is 4.79 Å². The fourth-order valence-corrected chi connectivity index (χ4v) is 2.76. The quantitative estimate of drug-likeness (QED) is 0.496. The van der Waals surface area contributed by atoms with E-state index in [1.165, 1.54) is 0 Å². The summed E-state index contributed by atoms with van der Waals surface area (Å²) in [6, 6.07) is 13.1. The van der Waals surface area contributed by atoms with E-state index in [-0.39, 0.29) is 12.1 Å². The maximum absolute atomic E-state index is 12.2. The van der Waals surface area contributed by atoms with E-state index in [2.05, 4.69) is 36.7 Å². The second-order valence-corrected chi connectivity index (χ2v) is 6.36. The molecule has 3 N–H and O–H groups in total. The molecular weight excluding hydrogens is 354 g/mol. The molecule has 28 heavy (non-hydrogen) atoms. The van der Waals surface area contributed by atoms with Gasteiger partial charge in [0, 0.05) is 30.0 Å². The van der Waals surface area contributed by atoms with Crippen LogP contribution in [0.5, 0.6) is 17.2 Å². The molecule has 0 radical (unpaired) electrons. The minimum absolute atomic E-state index is 0.166. The van der Waals surface area contributed by atoms with Gasteiger partial charge in [0.05, 0.1) is 6.61 Å². The van der Waals surface area contributed by atoms with Crippen molar-refractivity contribution in [2.24, 2.45) is 0 Å². The summed E-state index contributed by atoms with van der Waals surface area (Å²) in [6.07, 6.45) is 1.79. The van der Waals surface area contributed by atoms with Gasteiger partial charge in [-0.15, -0.1) is 0 Å². The first kappa shape index (κ1) is 21.4. The highest BCUT2D eigenvalue weighted by atomic mass is 16.5. The first-order chi connectivity index (χ1) is 13.6. The van der Waals surface area contributed by atoms with E-state index in [1.807, 2.05) is 31.2 Å². The highest BCUT2D eigenvalue weighted by Gasteiger charge is 2.12. The Morgan fingerprint density at radius 1 is 0.929 bits per heavy atom. The smallest absolute Gasteiger partial charge is 0.319 e. The van der Waals surface area contributed by atoms with E-state index < -0.39 is 0 Å². The van der Waals surface area contributed by atoms with E-state index in [1.54, 1.807) is 18.2 Å². The summed E-state index contributed by atoms with van der Waals surface area (Å²) in [5, 5.41) is 9.07. The highest BCUT2D eigenvalue weighted by molar-refractivity contribution is 5.89. The Kier molecular flexibility index (Phi) is 8.46. The van der Waals surface area contributed by atoms with Gasteiger partial charge in [-0.1, -0.05) is 13.8 Å². The number of amides is 2. The molecule has 2 rings (SSSR count). The maximum atomic E-state index is 12.2. The van der Waals surface area contributed by atoms with Crippen molar-refractivity contribution in [2.75, 3.05) is 23.8 Å². The van der Waals surface area contributed by atoms with E-state index >= 15 is 0 Å². The molecule has 0 aliphatic rings. The number of benzene rings is 2. The van der Waals surface area contributed by atoms with Crippen LogP contribution in [0.4, 0.5) is 16.2 Å². The first-order valence-corrected chi connectivity index (χ1v) is 9.95. The average Bonchev–Trinajstić information content (AvgIpc) is 2.70. The maximum Gasteiger partial charge on any atom is 0.319 e. The van der Waals surface area contributed by atoms with Gasteiger partial charge >= 0.3 is 6.03 Å². The van der Waals surface area contributed by atoms with Crippen LogP contribution in [-0.4, -0.2) is 25.2 Å². The normalized spacial score (nSPS) is 10.5. The van der Waals surface area contributed by atoms with Crippen molar-refractivity contribution >= 4 is 17.4 Å². The molecule has 0 fully saturated rings. The van der Waals surface area contributed by atoms with Gasteiger partial charge in [0.25, 0.3) is 0 Å². The molecule has 0 aromatic heterocycles. The van der Waals surface area contributed by atoms with Crippen molar-refractivity contribution in [3.63, 3.8) is 0 Å². The van der Waals surface area contributed by atoms with Crippen LogP contribution in [0.3, 0.4) is 0 Å². The number of nitrogens with one attached hydrogen (secondary N) is 3. The molecular formula is C22H31N3O3. The standard InChI is InChI=1S/C22H31N3O3/c1-5-16(6-2)24-22(26)25-18-11-14-20(21(15-18)27-8-4)28-19-12-9-17(10-13-19)23-7-3/h9-16,23H,5-8H2,1-4H3,(H2,24,25,26). The Hall–Kier alpha value is -2.89. The lowest BCUT2D eigenvalue weighted by atomic mass is 10.2. The second kappa shape index (κ2) is 11.1. The second-order valence-electron chi connectivity index (χ2n) is 6.36. The molecule has 6 nitrogen and oxygen atoms in total. The van der Waals surface area contributed by atoms with Crippen LogP contribution >= 0.6 is 0 Å². The van der Waals surface area contributed by atoms with Crippen LogP contribution in [-0.2, 0) is 0 Å². The Morgan fingerprint density at radius 2 is 1.61 bits per heavy atom. The number of carbonyl (C=O) groups is 1. The van der Waals surface area contributed by atoms with Gasteiger partial charge in [-0.05, 0) is 63.1 Å². The van der Waals surface area contributed by atoms with Crippen molar-refractivity contribution in [2.45, 2.75) is 46.6 Å². The van der Waals surface area contributed by atoms with Gasteiger partial charge in [0.15, 0.2) is 11.5 Å². The van der Waals surface area contributed by atoms with Crippen molar-refractivity contribution in [1.82, 2.24) is 5.32 Å². The number of anilines is 2. The summed E-state index contributed by atoms with van der Waals surface area (Å²) in [6.45, 7) is 9.44. The fraction of sp³-hybridized carbons (Fsp3) is 0.409. The van der Waals surface area contributed by atoms with Crippen LogP contribution in [0.2, 0.25) is 0 Å². The molecule has 2 amide bonds. The largest absolute Gasteiger partial charge is 0.490 e. The molecule has 0 saturated heterocycles. The van der Waals surface area contributed by atoms with E-state index in [9.17, 15) is 4.79 Å². The monoisotopic (exact) mass is 385 g/mol. The molecule has 0 aliphatic carbocycles. The van der Waals surface area contributed by atoms with Gasteiger partial charge in [0.2, 0.25) is 0 Å². The van der Waals surface area contributed by atoms with Crippen molar-refractivity contribution in [3.8, 4) is 17.2 Å². The van der Waals surface area contributed by atoms with Crippen LogP contribution in [0.1, 0.15) is 40.5 Å². The zero-order chi connectivity index (χ0) is 20.4. The predicted octanol–water partition coefficient (Wildman–Crippen LogP) is 5.62. The van der Waals surface area contributed by atoms with Crippen LogP contribution in [0.15, 0.2) is 42.5 Å². The average molecular weight is 386 g/mol. The molecule has 0 aliphatic heterocycles. The third-order valence-electron chi connectivity index (χ3n) is 4.29. The van der Waals surface area contributed by atoms with Gasteiger partial charge in [-0.2, -0.15) is 0 Å². The Bertz CT molecular complexity index is 743. The number of urea groups is 1. The van der Waals surface area contributed by atoms with E-state index in [0.717, 1.165) is 30.8 Å². The molecule has 0 spiro atoms. The Morgan fingerprint density at radius 3 is 2.21 bits per heavy atom. The minimum Gasteiger partial charge on any atom is -0.490 e. The molecule has 2 aromatic carbocycles. The number of carbonyl (C=O) groups excluding carboxylic acids is 1. The summed E-state index contributed by atoms with van der Waals surface area (Å²) in [5.41, 5.74) is 1.70. The van der Waals surface area contributed by atoms with Gasteiger partial charge in [0.1, 0.15) is 5.75 Å². The van der Waals surface area contributed by atoms with Crippen molar-refractivity contribution in [1.29, 1.82) is 0 Å². The molecule has 152 valence electrons. The molecule has 6 heteroatoms. The lowest BCUT2D eigenvalue weighted by Crippen LogP contribution is -2.37. The molecule has 0 saturated carbocycles. The lowest BCUT2D eigenvalue weighted by molar-refractivity contribution is 0.247. The topological polar surface area (TPSA) is 71.6 Å².